The summed E-state index contributed by atoms with van der Waals surface area (Å²) in [7, 11) is -3.72. The van der Waals surface area contributed by atoms with Crippen molar-refractivity contribution in [1.82, 2.24) is 0 Å². The van der Waals surface area contributed by atoms with Gasteiger partial charge < -0.3 is 5.73 Å². The molecule has 3 N–H and O–H groups in total. The Bertz CT molecular complexity index is 173. The van der Waals surface area contributed by atoms with Crippen molar-refractivity contribution in [3.8, 4) is 0 Å². The molecule has 0 fully saturated rings. The van der Waals surface area contributed by atoms with Gasteiger partial charge in [0.2, 0.25) is 0 Å². The molecule has 0 unspecified atom stereocenters. The first-order chi connectivity index (χ1) is 5.33. The van der Waals surface area contributed by atoms with Crippen LogP contribution >= 0.6 is 0 Å². The van der Waals surface area contributed by atoms with Crippen LogP contribution in [0.1, 0.15) is 27.2 Å². The summed E-state index contributed by atoms with van der Waals surface area (Å²) in [6.07, 6.45) is 1.10. The molecule has 0 radical (unpaired) electrons. The van der Waals surface area contributed by atoms with E-state index in [1.54, 1.807) is 13.8 Å². The molecule has 0 saturated carbocycles. The van der Waals surface area contributed by atoms with Crippen molar-refractivity contribution >= 4 is 10.1 Å². The molecule has 0 heterocycles. The molecule has 0 spiro atoms. The highest BCUT2D eigenvalue weighted by Gasteiger charge is 2.05. The highest BCUT2D eigenvalue weighted by Crippen LogP contribution is 1.95. The topological polar surface area (TPSA) is 80.4 Å². The van der Waals surface area contributed by atoms with Crippen LogP contribution in [-0.2, 0) is 10.1 Å². The number of nitrogens with two attached hydrogens (primary N) is 1. The van der Waals surface area contributed by atoms with Crippen molar-refractivity contribution in [2.75, 3.05) is 12.3 Å². The molecule has 12 heavy (non-hydrogen) atoms. The molecule has 0 aliphatic carbocycles. The predicted octanol–water partition coefficient (Wildman–Crippen LogP) is 0.885. The SMILES string of the molecule is CC(C)CS(=O)(=O)O.CCCN. The second kappa shape index (κ2) is 7.52. The van der Waals surface area contributed by atoms with Crippen LogP contribution < -0.4 is 5.73 Å². The van der Waals surface area contributed by atoms with E-state index in [0.29, 0.717) is 0 Å². The summed E-state index contributed by atoms with van der Waals surface area (Å²) in [5, 5.41) is 0. The Kier molecular flexibility index (Phi) is 9.02. The highest BCUT2D eigenvalue weighted by atomic mass is 32.2. The minimum Gasteiger partial charge on any atom is -0.330 e. The molecule has 0 aromatic rings. The molecule has 0 aromatic carbocycles. The highest BCUT2D eigenvalue weighted by molar-refractivity contribution is 7.85. The fourth-order valence-corrected chi connectivity index (χ4v) is 1.26. The average Bonchev–Trinajstić information content (AvgIpc) is 1.83. The van der Waals surface area contributed by atoms with E-state index < -0.39 is 10.1 Å². The zero-order valence-electron chi connectivity index (χ0n) is 7.95. The van der Waals surface area contributed by atoms with Crippen molar-refractivity contribution < 1.29 is 13.0 Å². The molecule has 0 atom stereocenters. The summed E-state index contributed by atoms with van der Waals surface area (Å²) in [4.78, 5) is 0. The second-order valence-corrected chi connectivity index (χ2v) is 4.43. The van der Waals surface area contributed by atoms with Crippen molar-refractivity contribution in [3.63, 3.8) is 0 Å². The summed E-state index contributed by atoms with van der Waals surface area (Å²) in [5.41, 5.74) is 5.03. The lowest BCUT2D eigenvalue weighted by atomic mass is 10.3. The van der Waals surface area contributed by atoms with E-state index >= 15 is 0 Å². The molecule has 0 bridgehead atoms. The lowest BCUT2D eigenvalue weighted by Crippen LogP contribution is -2.09. The first-order valence-corrected chi connectivity index (χ1v) is 5.59. The lowest BCUT2D eigenvalue weighted by Gasteiger charge is -1.97. The van der Waals surface area contributed by atoms with Gasteiger partial charge in [0.1, 0.15) is 0 Å². The Morgan fingerprint density at radius 1 is 1.42 bits per heavy atom. The van der Waals surface area contributed by atoms with Gasteiger partial charge in [-0.3, -0.25) is 4.55 Å². The Morgan fingerprint density at radius 2 is 1.75 bits per heavy atom. The monoisotopic (exact) mass is 197 g/mol. The maximum atomic E-state index is 10.00. The van der Waals surface area contributed by atoms with Crippen LogP contribution in [-0.4, -0.2) is 25.3 Å². The van der Waals surface area contributed by atoms with Crippen LogP contribution in [0.5, 0.6) is 0 Å². The smallest absolute Gasteiger partial charge is 0.265 e. The normalized spacial score (nSPS) is 10.8. The number of hydrogen-bond acceptors (Lipinski definition) is 3. The van der Waals surface area contributed by atoms with E-state index in [0.717, 1.165) is 13.0 Å². The van der Waals surface area contributed by atoms with E-state index in [4.69, 9.17) is 10.3 Å². The minimum absolute atomic E-state index is 0.00463. The van der Waals surface area contributed by atoms with Gasteiger partial charge >= 0.3 is 0 Å². The van der Waals surface area contributed by atoms with Crippen molar-refractivity contribution in [3.05, 3.63) is 0 Å². The van der Waals surface area contributed by atoms with Gasteiger partial charge in [0.05, 0.1) is 5.75 Å². The minimum atomic E-state index is -3.72. The average molecular weight is 197 g/mol. The van der Waals surface area contributed by atoms with E-state index in [2.05, 4.69) is 6.92 Å². The predicted molar refractivity (Wildman–Crippen MR) is 50.6 cm³/mol. The fraction of sp³-hybridized carbons (Fsp3) is 1.00. The largest absolute Gasteiger partial charge is 0.330 e. The van der Waals surface area contributed by atoms with Gasteiger partial charge in [0.15, 0.2) is 0 Å². The maximum Gasteiger partial charge on any atom is 0.265 e. The van der Waals surface area contributed by atoms with Crippen LogP contribution in [0.15, 0.2) is 0 Å². The Balaban J connectivity index is 0. The molecule has 0 aliphatic heterocycles. The van der Waals surface area contributed by atoms with Crippen LogP contribution in [0.4, 0.5) is 0 Å². The van der Waals surface area contributed by atoms with Crippen molar-refractivity contribution in [2.24, 2.45) is 11.7 Å². The van der Waals surface area contributed by atoms with E-state index in [1.165, 1.54) is 0 Å². The third-order valence-electron chi connectivity index (χ3n) is 0.833. The maximum absolute atomic E-state index is 10.00. The van der Waals surface area contributed by atoms with E-state index in [-0.39, 0.29) is 11.7 Å². The first-order valence-electron chi connectivity index (χ1n) is 3.98. The van der Waals surface area contributed by atoms with Gasteiger partial charge in [-0.15, -0.1) is 0 Å². The number of rotatable bonds is 3. The molecule has 0 amide bonds. The Morgan fingerprint density at radius 3 is 1.75 bits per heavy atom. The van der Waals surface area contributed by atoms with Gasteiger partial charge in [0, 0.05) is 0 Å². The van der Waals surface area contributed by atoms with Gasteiger partial charge in [-0.05, 0) is 18.9 Å². The zero-order valence-corrected chi connectivity index (χ0v) is 8.76. The van der Waals surface area contributed by atoms with Gasteiger partial charge in [-0.1, -0.05) is 20.8 Å². The number of hydrogen-bond donors (Lipinski definition) is 2. The standard InChI is InChI=1S/C4H10O3S.C3H9N/c1-4(2)3-8(5,6)7;1-2-3-4/h4H,3H2,1-2H3,(H,5,6,7);2-4H2,1H3. The summed E-state index contributed by atoms with van der Waals surface area (Å²) >= 11 is 0. The summed E-state index contributed by atoms with van der Waals surface area (Å²) in [5.74, 6) is -0.141. The van der Waals surface area contributed by atoms with Crippen LogP contribution in [0.3, 0.4) is 0 Å². The molecular formula is C7H19NO3S. The van der Waals surface area contributed by atoms with Gasteiger partial charge in [0.25, 0.3) is 10.1 Å². The van der Waals surface area contributed by atoms with Crippen LogP contribution in [0.25, 0.3) is 0 Å². The third kappa shape index (κ3) is 22.5. The molecule has 0 aromatic heterocycles. The van der Waals surface area contributed by atoms with Crippen LogP contribution in [0.2, 0.25) is 0 Å². The molecule has 0 aliphatic rings. The Labute approximate surface area is 74.9 Å². The molecule has 4 nitrogen and oxygen atoms in total. The Hall–Kier alpha value is -0.130. The van der Waals surface area contributed by atoms with E-state index in [1.807, 2.05) is 0 Å². The molecule has 0 saturated heterocycles. The molecule has 0 rings (SSSR count). The summed E-state index contributed by atoms with van der Waals surface area (Å²) in [6, 6.07) is 0. The lowest BCUT2D eigenvalue weighted by molar-refractivity contribution is 0.473. The molecule has 76 valence electrons. The fourth-order valence-electron chi connectivity index (χ4n) is 0.421. The first kappa shape index (κ1) is 14.4. The van der Waals surface area contributed by atoms with Crippen molar-refractivity contribution in [1.29, 1.82) is 0 Å². The molecular weight excluding hydrogens is 178 g/mol. The summed E-state index contributed by atoms with van der Waals surface area (Å²) in [6.45, 7) is 6.33. The third-order valence-corrected chi connectivity index (χ3v) is 1.92. The summed E-state index contributed by atoms with van der Waals surface area (Å²) < 4.78 is 28.2. The molecule has 5 heteroatoms. The second-order valence-electron chi connectivity index (χ2n) is 2.93. The quantitative estimate of drug-likeness (QED) is 0.658. The zero-order chi connectivity index (χ0) is 10.2. The van der Waals surface area contributed by atoms with Gasteiger partial charge in [-0.2, -0.15) is 8.42 Å². The van der Waals surface area contributed by atoms with Crippen LogP contribution in [0, 0.1) is 5.92 Å². The van der Waals surface area contributed by atoms with Crippen molar-refractivity contribution in [2.45, 2.75) is 27.2 Å². The van der Waals surface area contributed by atoms with E-state index in [9.17, 15) is 8.42 Å². The van der Waals surface area contributed by atoms with Gasteiger partial charge in [-0.25, -0.2) is 0 Å².